The van der Waals surface area contributed by atoms with Crippen LogP contribution in [0.5, 0.6) is 0 Å². The van der Waals surface area contributed by atoms with Crippen LogP contribution >= 0.6 is 11.8 Å². The molecule has 1 rings (SSSR count). The quantitative estimate of drug-likeness (QED) is 0.688. The number of hydrogen-bond donors (Lipinski definition) is 1. The highest BCUT2D eigenvalue weighted by Gasteiger charge is 2.22. The Bertz CT molecular complexity index is 190. The second-order valence-corrected chi connectivity index (χ2v) is 4.62. The van der Waals surface area contributed by atoms with E-state index in [4.69, 9.17) is 10.5 Å². The Labute approximate surface area is 89.2 Å². The largest absolute Gasteiger partial charge is 0.374 e. The first-order chi connectivity index (χ1) is 6.77. The third-order valence-corrected chi connectivity index (χ3v) is 3.56. The topological polar surface area (TPSA) is 55.6 Å². The molecule has 1 amide bonds. The second kappa shape index (κ2) is 6.27. The Balaban J connectivity index is 2.31. The maximum atomic E-state index is 11.3. The van der Waals surface area contributed by atoms with Gasteiger partial charge in [-0.2, -0.15) is 0 Å². The molecule has 1 unspecified atom stereocenters. The van der Waals surface area contributed by atoms with Crippen LogP contribution in [-0.4, -0.2) is 48.7 Å². The fraction of sp³-hybridized carbons (Fsp3) is 0.889. The summed E-state index contributed by atoms with van der Waals surface area (Å²) in [6, 6.07) is 0. The number of piperidine rings is 1. The molecule has 1 saturated heterocycles. The maximum Gasteiger partial charge on any atom is 0.236 e. The van der Waals surface area contributed by atoms with E-state index in [1.165, 1.54) is 6.42 Å². The molecule has 0 aromatic rings. The summed E-state index contributed by atoms with van der Waals surface area (Å²) >= 11 is 1.77. The molecule has 1 aliphatic heterocycles. The number of carbonyl (C=O) groups is 1. The lowest BCUT2D eigenvalue weighted by molar-refractivity contribution is -0.130. The van der Waals surface area contributed by atoms with Crippen LogP contribution in [0.1, 0.15) is 12.8 Å². The van der Waals surface area contributed by atoms with Crippen LogP contribution in [0.25, 0.3) is 0 Å². The molecule has 5 heteroatoms. The van der Waals surface area contributed by atoms with E-state index in [2.05, 4.69) is 0 Å². The summed E-state index contributed by atoms with van der Waals surface area (Å²) in [5.41, 5.74) is 5.33. The maximum absolute atomic E-state index is 11.3. The highest BCUT2D eigenvalue weighted by Crippen LogP contribution is 2.22. The first kappa shape index (κ1) is 11.8. The second-order valence-electron chi connectivity index (χ2n) is 3.38. The molecule has 0 radical (unpaired) electrons. The van der Waals surface area contributed by atoms with Crippen molar-refractivity contribution in [1.82, 2.24) is 4.90 Å². The van der Waals surface area contributed by atoms with Gasteiger partial charge < -0.3 is 15.4 Å². The van der Waals surface area contributed by atoms with Crippen molar-refractivity contribution in [1.29, 1.82) is 0 Å². The van der Waals surface area contributed by atoms with Crippen molar-refractivity contribution in [3.05, 3.63) is 0 Å². The molecule has 4 nitrogen and oxygen atoms in total. The number of likely N-dealkylation sites (tertiary alicyclic amines) is 1. The minimum atomic E-state index is 0.0627. The Morgan fingerprint density at radius 2 is 2.50 bits per heavy atom. The molecule has 0 aromatic heterocycles. The third-order valence-electron chi connectivity index (χ3n) is 2.33. The summed E-state index contributed by atoms with van der Waals surface area (Å²) in [6.07, 6.45) is 2.25. The van der Waals surface area contributed by atoms with Gasteiger partial charge in [0.1, 0.15) is 0 Å². The minimum Gasteiger partial charge on any atom is -0.374 e. The fourth-order valence-electron chi connectivity index (χ4n) is 1.59. The number of thioether (sulfide) groups is 1. The molecule has 0 saturated carbocycles. The minimum absolute atomic E-state index is 0.0627. The van der Waals surface area contributed by atoms with Gasteiger partial charge in [0.05, 0.1) is 12.5 Å². The molecule has 1 aliphatic rings. The predicted octanol–water partition coefficient (Wildman–Crippen LogP) is 0.273. The van der Waals surface area contributed by atoms with Crippen LogP contribution in [0.3, 0.4) is 0 Å². The van der Waals surface area contributed by atoms with Crippen molar-refractivity contribution in [2.24, 2.45) is 5.73 Å². The fourth-order valence-corrected chi connectivity index (χ4v) is 2.54. The lowest BCUT2D eigenvalue weighted by Gasteiger charge is -2.32. The predicted molar refractivity (Wildman–Crippen MR) is 58.1 cm³/mol. The molecule has 14 heavy (non-hydrogen) atoms. The molecule has 1 atom stereocenters. The molecule has 0 bridgehead atoms. The van der Waals surface area contributed by atoms with Crippen molar-refractivity contribution in [3.63, 3.8) is 0 Å². The number of ether oxygens (including phenoxy) is 1. The summed E-state index contributed by atoms with van der Waals surface area (Å²) < 4.78 is 5.00. The van der Waals surface area contributed by atoms with Crippen molar-refractivity contribution < 1.29 is 9.53 Å². The van der Waals surface area contributed by atoms with E-state index >= 15 is 0 Å². The van der Waals surface area contributed by atoms with Gasteiger partial charge in [-0.05, 0) is 12.8 Å². The number of hydrogen-bond acceptors (Lipinski definition) is 4. The molecule has 1 fully saturated rings. The summed E-state index contributed by atoms with van der Waals surface area (Å²) in [4.78, 5) is 13.2. The third kappa shape index (κ3) is 3.48. The smallest absolute Gasteiger partial charge is 0.236 e. The molecule has 0 aliphatic carbocycles. The van der Waals surface area contributed by atoms with Gasteiger partial charge in [0.15, 0.2) is 0 Å². The molecule has 2 N–H and O–H groups in total. The van der Waals surface area contributed by atoms with Gasteiger partial charge in [-0.25, -0.2) is 0 Å². The van der Waals surface area contributed by atoms with E-state index in [0.717, 1.165) is 19.5 Å². The van der Waals surface area contributed by atoms with Gasteiger partial charge >= 0.3 is 0 Å². The number of amides is 1. The zero-order valence-electron chi connectivity index (χ0n) is 8.57. The highest BCUT2D eigenvalue weighted by atomic mass is 32.2. The Hall–Kier alpha value is -0.260. The molecule has 82 valence electrons. The molecule has 0 aromatic carbocycles. The van der Waals surface area contributed by atoms with Gasteiger partial charge in [0.2, 0.25) is 5.91 Å². The van der Waals surface area contributed by atoms with E-state index in [1.807, 2.05) is 4.90 Å². The average Bonchev–Trinajstić information content (AvgIpc) is 2.25. The van der Waals surface area contributed by atoms with Crippen LogP contribution < -0.4 is 5.73 Å². The lowest BCUT2D eigenvalue weighted by Crippen LogP contribution is -2.44. The zero-order valence-corrected chi connectivity index (χ0v) is 9.39. The standard InChI is InChI=1S/C9H18N2O2S/c1-13-7-14-8-3-2-4-11(6-8)9(12)5-10/h8H,2-7,10H2,1H3. The van der Waals surface area contributed by atoms with Crippen molar-refractivity contribution in [2.75, 3.05) is 32.7 Å². The Morgan fingerprint density at radius 3 is 3.14 bits per heavy atom. The SMILES string of the molecule is COCSC1CCCN(C(=O)CN)C1. The van der Waals surface area contributed by atoms with E-state index in [1.54, 1.807) is 18.9 Å². The van der Waals surface area contributed by atoms with Crippen LogP contribution in [0, 0.1) is 0 Å². The summed E-state index contributed by atoms with van der Waals surface area (Å²) in [6.45, 7) is 1.81. The number of nitrogens with two attached hydrogens (primary N) is 1. The van der Waals surface area contributed by atoms with Crippen LogP contribution in [-0.2, 0) is 9.53 Å². The van der Waals surface area contributed by atoms with E-state index in [0.29, 0.717) is 11.2 Å². The van der Waals surface area contributed by atoms with E-state index in [9.17, 15) is 4.79 Å². The Kier molecular flexibility index (Phi) is 5.29. The van der Waals surface area contributed by atoms with Gasteiger partial charge in [0.25, 0.3) is 0 Å². The Morgan fingerprint density at radius 1 is 1.71 bits per heavy atom. The van der Waals surface area contributed by atoms with Crippen LogP contribution in [0.4, 0.5) is 0 Å². The monoisotopic (exact) mass is 218 g/mol. The molecule has 0 spiro atoms. The van der Waals surface area contributed by atoms with Crippen molar-refractivity contribution in [3.8, 4) is 0 Å². The number of methoxy groups -OCH3 is 1. The van der Waals surface area contributed by atoms with Crippen molar-refractivity contribution >= 4 is 17.7 Å². The summed E-state index contributed by atoms with van der Waals surface area (Å²) in [5.74, 6) is 0.766. The molecule has 1 heterocycles. The zero-order chi connectivity index (χ0) is 10.4. The van der Waals surface area contributed by atoms with Crippen LogP contribution in [0.2, 0.25) is 0 Å². The lowest BCUT2D eigenvalue weighted by atomic mass is 10.1. The van der Waals surface area contributed by atoms with E-state index in [-0.39, 0.29) is 12.5 Å². The normalized spacial score (nSPS) is 22.4. The van der Waals surface area contributed by atoms with Gasteiger partial charge in [-0.1, -0.05) is 0 Å². The van der Waals surface area contributed by atoms with Crippen LogP contribution in [0.15, 0.2) is 0 Å². The first-order valence-corrected chi connectivity index (χ1v) is 5.91. The molecular weight excluding hydrogens is 200 g/mol. The highest BCUT2D eigenvalue weighted by molar-refractivity contribution is 7.99. The summed E-state index contributed by atoms with van der Waals surface area (Å²) in [7, 11) is 1.69. The average molecular weight is 218 g/mol. The molecular formula is C9H18N2O2S. The first-order valence-electron chi connectivity index (χ1n) is 4.86. The number of nitrogens with zero attached hydrogens (tertiary/aromatic N) is 1. The van der Waals surface area contributed by atoms with E-state index < -0.39 is 0 Å². The number of rotatable bonds is 4. The summed E-state index contributed by atoms with van der Waals surface area (Å²) in [5, 5.41) is 0.513. The van der Waals surface area contributed by atoms with Crippen molar-refractivity contribution in [2.45, 2.75) is 18.1 Å². The number of carbonyl (C=O) groups excluding carboxylic acids is 1. The van der Waals surface area contributed by atoms with Gasteiger partial charge in [-0.3, -0.25) is 4.79 Å². The van der Waals surface area contributed by atoms with Gasteiger partial charge in [-0.15, -0.1) is 11.8 Å². The van der Waals surface area contributed by atoms with Gasteiger partial charge in [0, 0.05) is 25.4 Å².